The van der Waals surface area contributed by atoms with Crippen molar-refractivity contribution < 1.29 is 4.74 Å². The number of hydrogen-bond acceptors (Lipinski definition) is 3. The van der Waals surface area contributed by atoms with Gasteiger partial charge in [0.05, 0.1) is 11.8 Å². The molecule has 0 atom stereocenters. The molecule has 0 radical (unpaired) electrons. The molecular formula is C12H19N3O2Si. The van der Waals surface area contributed by atoms with E-state index in [0.717, 1.165) is 12.7 Å². The van der Waals surface area contributed by atoms with Crippen LogP contribution in [-0.2, 0) is 11.5 Å². The number of ether oxygens (including phenoxy) is 1. The second kappa shape index (κ2) is 5.07. The summed E-state index contributed by atoms with van der Waals surface area (Å²) in [6, 6.07) is 2.95. The number of H-pyrrole nitrogens is 1. The normalized spacial score (nSPS) is 12.2. The summed E-state index contributed by atoms with van der Waals surface area (Å²) in [7, 11) is -1.06. The lowest BCUT2D eigenvalue weighted by Crippen LogP contribution is -2.22. The fourth-order valence-corrected chi connectivity index (χ4v) is 2.45. The summed E-state index contributed by atoms with van der Waals surface area (Å²) in [4.78, 5) is 18.4. The maximum Gasteiger partial charge on any atom is 0.275 e. The van der Waals surface area contributed by atoms with E-state index in [2.05, 4.69) is 29.6 Å². The van der Waals surface area contributed by atoms with Gasteiger partial charge >= 0.3 is 0 Å². The van der Waals surface area contributed by atoms with Gasteiger partial charge in [-0.25, -0.2) is 4.98 Å². The third-order valence-corrected chi connectivity index (χ3v) is 4.49. The molecule has 2 rings (SSSR count). The Morgan fingerprint density at radius 3 is 2.94 bits per heavy atom. The van der Waals surface area contributed by atoms with Gasteiger partial charge < -0.3 is 14.3 Å². The first-order valence-corrected chi connectivity index (χ1v) is 9.78. The van der Waals surface area contributed by atoms with Crippen molar-refractivity contribution >= 4 is 19.1 Å². The molecule has 0 aliphatic heterocycles. The number of nitrogens with one attached hydrogen (secondary N) is 1. The van der Waals surface area contributed by atoms with Gasteiger partial charge in [-0.2, -0.15) is 0 Å². The highest BCUT2D eigenvalue weighted by molar-refractivity contribution is 6.76. The third kappa shape index (κ3) is 3.08. The average molecular weight is 265 g/mol. The minimum atomic E-state index is -1.06. The molecule has 2 heterocycles. The molecule has 2 aromatic rings. The number of fused-ring (bicyclic) bond motifs is 1. The quantitative estimate of drug-likeness (QED) is 0.665. The molecule has 5 nitrogen and oxygen atoms in total. The van der Waals surface area contributed by atoms with Crippen LogP contribution < -0.4 is 5.56 Å². The topological polar surface area (TPSA) is 59.9 Å². The number of aromatic nitrogens is 3. The lowest BCUT2D eigenvalue weighted by atomic mass is 10.4. The van der Waals surface area contributed by atoms with E-state index in [9.17, 15) is 4.79 Å². The van der Waals surface area contributed by atoms with E-state index < -0.39 is 8.07 Å². The molecule has 0 aromatic carbocycles. The zero-order chi connectivity index (χ0) is 13.2. The molecule has 98 valence electrons. The molecule has 18 heavy (non-hydrogen) atoms. The highest BCUT2D eigenvalue weighted by atomic mass is 28.3. The smallest absolute Gasteiger partial charge is 0.275 e. The van der Waals surface area contributed by atoms with Crippen LogP contribution >= 0.6 is 0 Å². The van der Waals surface area contributed by atoms with Gasteiger partial charge in [-0.3, -0.25) is 4.79 Å². The summed E-state index contributed by atoms with van der Waals surface area (Å²) in [6.45, 7) is 8.10. The van der Waals surface area contributed by atoms with Crippen molar-refractivity contribution in [2.75, 3.05) is 6.61 Å². The fourth-order valence-electron chi connectivity index (χ4n) is 1.69. The van der Waals surface area contributed by atoms with Gasteiger partial charge in [0.2, 0.25) is 0 Å². The first-order chi connectivity index (χ1) is 8.47. The highest BCUT2D eigenvalue weighted by Crippen LogP contribution is 2.10. The van der Waals surface area contributed by atoms with Gasteiger partial charge in [0.15, 0.2) is 0 Å². The van der Waals surface area contributed by atoms with Gasteiger partial charge in [-0.1, -0.05) is 19.6 Å². The molecule has 0 saturated carbocycles. The second-order valence-corrected chi connectivity index (χ2v) is 11.2. The first-order valence-electron chi connectivity index (χ1n) is 6.08. The maximum atomic E-state index is 11.7. The number of nitrogens with zero attached hydrogens (tertiary/aromatic N) is 2. The van der Waals surface area contributed by atoms with E-state index in [4.69, 9.17) is 4.74 Å². The predicted molar refractivity (Wildman–Crippen MR) is 74.5 cm³/mol. The Morgan fingerprint density at radius 2 is 2.22 bits per heavy atom. The fraction of sp³-hybridized carbons (Fsp3) is 0.500. The Morgan fingerprint density at radius 1 is 1.44 bits per heavy atom. The summed E-state index contributed by atoms with van der Waals surface area (Å²) < 4.78 is 7.43. The Hall–Kier alpha value is -1.40. The average Bonchev–Trinajstić information content (AvgIpc) is 2.68. The molecule has 0 aliphatic rings. The van der Waals surface area contributed by atoms with Crippen LogP contribution in [0.15, 0.2) is 23.4 Å². The van der Waals surface area contributed by atoms with Crippen molar-refractivity contribution in [1.29, 1.82) is 0 Å². The lowest BCUT2D eigenvalue weighted by Gasteiger charge is -2.15. The van der Waals surface area contributed by atoms with Crippen LogP contribution in [0.25, 0.3) is 11.0 Å². The largest absolute Gasteiger partial charge is 0.361 e. The molecule has 0 spiro atoms. The molecule has 0 saturated heterocycles. The van der Waals surface area contributed by atoms with Crippen LogP contribution in [0.3, 0.4) is 0 Å². The monoisotopic (exact) mass is 265 g/mol. The predicted octanol–water partition coefficient (Wildman–Crippen LogP) is 2.04. The van der Waals surface area contributed by atoms with Crippen molar-refractivity contribution in [2.24, 2.45) is 0 Å². The third-order valence-electron chi connectivity index (χ3n) is 2.78. The van der Waals surface area contributed by atoms with Crippen molar-refractivity contribution in [3.05, 3.63) is 28.9 Å². The first kappa shape index (κ1) is 13.0. The molecule has 0 bridgehead atoms. The lowest BCUT2D eigenvalue weighted by molar-refractivity contribution is 0.0901. The van der Waals surface area contributed by atoms with Crippen LogP contribution in [0.4, 0.5) is 0 Å². The van der Waals surface area contributed by atoms with E-state index >= 15 is 0 Å². The van der Waals surface area contributed by atoms with Gasteiger partial charge in [0, 0.05) is 20.9 Å². The highest BCUT2D eigenvalue weighted by Gasteiger charge is 2.12. The Labute approximate surface area is 107 Å². The van der Waals surface area contributed by atoms with E-state index in [1.54, 1.807) is 4.57 Å². The Balaban J connectivity index is 2.02. The maximum absolute atomic E-state index is 11.7. The van der Waals surface area contributed by atoms with Crippen molar-refractivity contribution in [3.8, 4) is 0 Å². The molecule has 0 amide bonds. The molecule has 1 N–H and O–H groups in total. The Bertz CT molecular complexity index is 583. The van der Waals surface area contributed by atoms with E-state index in [1.807, 2.05) is 12.3 Å². The zero-order valence-electron chi connectivity index (χ0n) is 11.1. The van der Waals surface area contributed by atoms with Gasteiger partial charge in [0.1, 0.15) is 12.2 Å². The van der Waals surface area contributed by atoms with Gasteiger partial charge in [-0.05, 0) is 12.1 Å². The number of aromatic amines is 1. The van der Waals surface area contributed by atoms with Crippen LogP contribution in [0, 0.1) is 0 Å². The molecule has 0 aliphatic carbocycles. The van der Waals surface area contributed by atoms with Crippen LogP contribution in [0.2, 0.25) is 25.7 Å². The standard InChI is InChI=1S/C12H19N3O2Si/c1-18(2,3)7-6-17-9-15-5-4-10-11(15)12(16)14-8-13-10/h4-5,8H,6-7,9H2,1-3H3,(H,13,14,16). The van der Waals surface area contributed by atoms with E-state index in [1.165, 1.54) is 6.33 Å². The minimum absolute atomic E-state index is 0.126. The zero-order valence-corrected chi connectivity index (χ0v) is 12.1. The van der Waals surface area contributed by atoms with Crippen LogP contribution in [0.1, 0.15) is 0 Å². The molecule has 6 heteroatoms. The van der Waals surface area contributed by atoms with Crippen LogP contribution in [-0.4, -0.2) is 29.2 Å². The van der Waals surface area contributed by atoms with Crippen LogP contribution in [0.5, 0.6) is 0 Å². The van der Waals surface area contributed by atoms with Crippen molar-refractivity contribution in [3.63, 3.8) is 0 Å². The second-order valence-electron chi connectivity index (χ2n) is 5.60. The van der Waals surface area contributed by atoms with E-state index in [-0.39, 0.29) is 5.56 Å². The SMILES string of the molecule is C[Si](C)(C)CCOCn1ccc2nc[nH]c(=O)c21. The minimum Gasteiger partial charge on any atom is -0.361 e. The summed E-state index contributed by atoms with van der Waals surface area (Å²) in [5, 5.41) is 0. The van der Waals surface area contributed by atoms with Crippen molar-refractivity contribution in [1.82, 2.24) is 14.5 Å². The van der Waals surface area contributed by atoms with Gasteiger partial charge in [-0.15, -0.1) is 0 Å². The van der Waals surface area contributed by atoms with Gasteiger partial charge in [0.25, 0.3) is 5.56 Å². The van der Waals surface area contributed by atoms with E-state index in [0.29, 0.717) is 17.8 Å². The molecular weight excluding hydrogens is 246 g/mol. The summed E-state index contributed by atoms with van der Waals surface area (Å²) >= 11 is 0. The summed E-state index contributed by atoms with van der Waals surface area (Å²) in [5.41, 5.74) is 1.15. The summed E-state index contributed by atoms with van der Waals surface area (Å²) in [6.07, 6.45) is 3.25. The number of rotatable bonds is 5. The molecule has 0 fully saturated rings. The summed E-state index contributed by atoms with van der Waals surface area (Å²) in [5.74, 6) is 0. The molecule has 0 unspecified atom stereocenters. The number of hydrogen-bond donors (Lipinski definition) is 1. The molecule has 2 aromatic heterocycles. The Kier molecular flexibility index (Phi) is 3.67. The van der Waals surface area contributed by atoms with Crippen molar-refractivity contribution in [2.45, 2.75) is 32.4 Å².